The molecular formula is C16H32N2O4S2. The molecule has 0 saturated carbocycles. The van der Waals surface area contributed by atoms with Crippen molar-refractivity contribution in [2.75, 3.05) is 37.7 Å². The average molecular weight is 381 g/mol. The second kappa shape index (κ2) is 12.0. The zero-order chi connectivity index (χ0) is 18.6. The third-order valence-electron chi connectivity index (χ3n) is 2.19. The second-order valence-electron chi connectivity index (χ2n) is 7.17. The smallest absolute Gasteiger partial charge is 0.320 e. The van der Waals surface area contributed by atoms with Crippen LogP contribution < -0.4 is 10.6 Å². The minimum absolute atomic E-state index is 0.230. The van der Waals surface area contributed by atoms with Crippen LogP contribution >= 0.6 is 21.6 Å². The molecule has 0 aromatic rings. The summed E-state index contributed by atoms with van der Waals surface area (Å²) in [6, 6.07) is 0. The van der Waals surface area contributed by atoms with Gasteiger partial charge < -0.3 is 20.1 Å². The standard InChI is InChI=1S/C16H32N2O4S2/c1-15(2,3)21-13(19)11-17-7-9-23-24-10-8-18-12-14(20)22-16(4,5)6/h17-18H,7-12H2,1-6H3. The summed E-state index contributed by atoms with van der Waals surface area (Å²) in [5.41, 5.74) is -0.870. The molecule has 0 fully saturated rings. The van der Waals surface area contributed by atoms with Gasteiger partial charge in [0, 0.05) is 24.6 Å². The van der Waals surface area contributed by atoms with Gasteiger partial charge in [0.25, 0.3) is 0 Å². The van der Waals surface area contributed by atoms with E-state index in [9.17, 15) is 9.59 Å². The number of carbonyl (C=O) groups is 2. The zero-order valence-electron chi connectivity index (χ0n) is 15.7. The summed E-state index contributed by atoms with van der Waals surface area (Å²) in [5, 5.41) is 6.12. The molecule has 6 nitrogen and oxygen atoms in total. The summed E-state index contributed by atoms with van der Waals surface area (Å²) in [4.78, 5) is 22.9. The topological polar surface area (TPSA) is 76.7 Å². The van der Waals surface area contributed by atoms with Crippen LogP contribution in [0.5, 0.6) is 0 Å². The molecule has 0 bridgehead atoms. The first kappa shape index (κ1) is 23.6. The van der Waals surface area contributed by atoms with Gasteiger partial charge in [0.15, 0.2) is 0 Å². The lowest BCUT2D eigenvalue weighted by Crippen LogP contribution is -2.32. The van der Waals surface area contributed by atoms with E-state index in [1.165, 1.54) is 0 Å². The van der Waals surface area contributed by atoms with E-state index in [4.69, 9.17) is 9.47 Å². The SMILES string of the molecule is CC(C)(C)OC(=O)CNCCSSCCNCC(=O)OC(C)(C)C. The first-order chi connectivity index (χ1) is 11.0. The van der Waals surface area contributed by atoms with Crippen molar-refractivity contribution < 1.29 is 19.1 Å². The molecular weight excluding hydrogens is 348 g/mol. The van der Waals surface area contributed by atoms with Crippen LogP contribution in [0.25, 0.3) is 0 Å². The van der Waals surface area contributed by atoms with Crippen molar-refractivity contribution in [3.8, 4) is 0 Å². The normalized spacial score (nSPS) is 12.1. The van der Waals surface area contributed by atoms with Gasteiger partial charge in [-0.25, -0.2) is 0 Å². The molecule has 0 atom stereocenters. The Morgan fingerprint density at radius 3 is 1.38 bits per heavy atom. The summed E-state index contributed by atoms with van der Waals surface area (Å²) < 4.78 is 10.4. The van der Waals surface area contributed by atoms with E-state index in [2.05, 4.69) is 10.6 Å². The van der Waals surface area contributed by atoms with Crippen molar-refractivity contribution in [3.05, 3.63) is 0 Å². The van der Waals surface area contributed by atoms with Gasteiger partial charge in [0.2, 0.25) is 0 Å². The van der Waals surface area contributed by atoms with Crippen LogP contribution in [-0.4, -0.2) is 60.8 Å². The summed E-state index contributed by atoms with van der Waals surface area (Å²) >= 11 is 0. The van der Waals surface area contributed by atoms with Crippen LogP contribution in [0.3, 0.4) is 0 Å². The van der Waals surface area contributed by atoms with Gasteiger partial charge in [-0.2, -0.15) is 0 Å². The van der Waals surface area contributed by atoms with Crippen molar-refractivity contribution in [1.29, 1.82) is 0 Å². The second-order valence-corrected chi connectivity index (χ2v) is 9.87. The summed E-state index contributed by atoms with van der Waals surface area (Å²) in [5.74, 6) is 1.34. The Labute approximate surface area is 154 Å². The monoisotopic (exact) mass is 380 g/mol. The molecule has 0 aromatic heterocycles. The van der Waals surface area contributed by atoms with E-state index in [0.717, 1.165) is 24.6 Å². The fraction of sp³-hybridized carbons (Fsp3) is 0.875. The van der Waals surface area contributed by atoms with Crippen LogP contribution in [-0.2, 0) is 19.1 Å². The van der Waals surface area contributed by atoms with Gasteiger partial charge in [-0.3, -0.25) is 9.59 Å². The van der Waals surface area contributed by atoms with Crippen molar-refractivity contribution in [1.82, 2.24) is 10.6 Å². The number of rotatable bonds is 11. The Balaban J connectivity index is 3.37. The molecule has 0 heterocycles. The fourth-order valence-corrected chi connectivity index (χ4v) is 3.38. The van der Waals surface area contributed by atoms with E-state index >= 15 is 0 Å². The molecule has 8 heteroatoms. The molecule has 0 spiro atoms. The zero-order valence-corrected chi connectivity index (χ0v) is 17.3. The van der Waals surface area contributed by atoms with Crippen molar-refractivity contribution in [2.45, 2.75) is 52.7 Å². The minimum atomic E-state index is -0.435. The van der Waals surface area contributed by atoms with E-state index in [0.29, 0.717) is 0 Å². The van der Waals surface area contributed by atoms with Crippen LogP contribution in [0.1, 0.15) is 41.5 Å². The highest BCUT2D eigenvalue weighted by Gasteiger charge is 2.16. The highest BCUT2D eigenvalue weighted by atomic mass is 33.1. The highest BCUT2D eigenvalue weighted by molar-refractivity contribution is 8.76. The first-order valence-corrected chi connectivity index (χ1v) is 10.6. The highest BCUT2D eigenvalue weighted by Crippen LogP contribution is 2.19. The largest absolute Gasteiger partial charge is 0.459 e. The molecule has 24 heavy (non-hydrogen) atoms. The van der Waals surface area contributed by atoms with Crippen LogP contribution in [0.4, 0.5) is 0 Å². The van der Waals surface area contributed by atoms with Gasteiger partial charge in [0.1, 0.15) is 11.2 Å². The Kier molecular flexibility index (Phi) is 11.8. The average Bonchev–Trinajstić information content (AvgIpc) is 2.36. The quantitative estimate of drug-likeness (QED) is 0.321. The van der Waals surface area contributed by atoms with Crippen molar-refractivity contribution in [2.24, 2.45) is 0 Å². The third kappa shape index (κ3) is 17.9. The number of nitrogens with one attached hydrogen (secondary N) is 2. The maximum Gasteiger partial charge on any atom is 0.320 e. The van der Waals surface area contributed by atoms with E-state index in [1.54, 1.807) is 21.6 Å². The number of esters is 2. The van der Waals surface area contributed by atoms with Crippen LogP contribution in [0.15, 0.2) is 0 Å². The molecule has 0 radical (unpaired) electrons. The predicted octanol–water partition coefficient (Wildman–Crippen LogP) is 2.23. The lowest BCUT2D eigenvalue weighted by molar-refractivity contribution is -0.154. The maximum atomic E-state index is 11.5. The van der Waals surface area contributed by atoms with Gasteiger partial charge in [0.05, 0.1) is 13.1 Å². The number of ether oxygens (including phenoxy) is 2. The van der Waals surface area contributed by atoms with Gasteiger partial charge in [-0.1, -0.05) is 21.6 Å². The Hall–Kier alpha value is -0.440. The molecule has 0 unspecified atom stereocenters. The molecule has 142 valence electrons. The molecule has 0 aliphatic heterocycles. The summed E-state index contributed by atoms with van der Waals surface area (Å²) in [7, 11) is 3.47. The lowest BCUT2D eigenvalue weighted by Gasteiger charge is -2.19. The lowest BCUT2D eigenvalue weighted by atomic mass is 10.2. The van der Waals surface area contributed by atoms with Crippen LogP contribution in [0.2, 0.25) is 0 Å². The molecule has 0 rings (SSSR count). The van der Waals surface area contributed by atoms with Crippen LogP contribution in [0, 0.1) is 0 Å². The van der Waals surface area contributed by atoms with Crippen molar-refractivity contribution in [3.63, 3.8) is 0 Å². The van der Waals surface area contributed by atoms with Gasteiger partial charge in [-0.05, 0) is 41.5 Å². The first-order valence-electron chi connectivity index (χ1n) is 8.09. The Bertz CT molecular complexity index is 343. The molecule has 0 amide bonds. The van der Waals surface area contributed by atoms with Gasteiger partial charge >= 0.3 is 11.9 Å². The van der Waals surface area contributed by atoms with Crippen molar-refractivity contribution >= 4 is 33.5 Å². The summed E-state index contributed by atoms with van der Waals surface area (Å²) in [6.45, 7) is 13.1. The molecule has 0 aromatic carbocycles. The number of hydrogen-bond acceptors (Lipinski definition) is 8. The van der Waals surface area contributed by atoms with Gasteiger partial charge in [-0.15, -0.1) is 0 Å². The number of carbonyl (C=O) groups excluding carboxylic acids is 2. The Morgan fingerprint density at radius 2 is 1.08 bits per heavy atom. The predicted molar refractivity (Wildman–Crippen MR) is 102 cm³/mol. The number of hydrogen-bond donors (Lipinski definition) is 2. The minimum Gasteiger partial charge on any atom is -0.459 e. The third-order valence-corrected chi connectivity index (χ3v) is 4.59. The Morgan fingerprint density at radius 1 is 0.750 bits per heavy atom. The molecule has 0 saturated heterocycles. The van der Waals surface area contributed by atoms with E-state index < -0.39 is 11.2 Å². The molecule has 0 aliphatic carbocycles. The molecule has 2 N–H and O–H groups in total. The van der Waals surface area contributed by atoms with E-state index in [1.807, 2.05) is 41.5 Å². The fourth-order valence-electron chi connectivity index (χ4n) is 1.48. The van der Waals surface area contributed by atoms with E-state index in [-0.39, 0.29) is 25.0 Å². The molecule has 0 aliphatic rings. The maximum absolute atomic E-state index is 11.5. The summed E-state index contributed by atoms with van der Waals surface area (Å²) in [6.07, 6.45) is 0.